The van der Waals surface area contributed by atoms with Crippen molar-refractivity contribution >= 4 is 27.8 Å². The van der Waals surface area contributed by atoms with Gasteiger partial charge < -0.3 is 4.90 Å². The highest BCUT2D eigenvalue weighted by Crippen LogP contribution is 2.32. The number of rotatable bonds is 1. The fraction of sp³-hybridized carbons (Fsp3) is 0.368. The van der Waals surface area contributed by atoms with E-state index in [0.29, 0.717) is 28.0 Å². The number of nitrogens with zero attached hydrogens (tertiary/aromatic N) is 6. The van der Waals surface area contributed by atoms with Crippen molar-refractivity contribution in [3.8, 4) is 6.07 Å². The Morgan fingerprint density at radius 3 is 2.81 bits per heavy atom. The summed E-state index contributed by atoms with van der Waals surface area (Å²) in [6, 6.07) is 5.29. The Balaban J connectivity index is 1.70. The Bertz CT molecular complexity index is 1060. The third-order valence-corrected chi connectivity index (χ3v) is 5.48. The monoisotopic (exact) mass is 348 g/mol. The molecule has 0 bridgehead atoms. The van der Waals surface area contributed by atoms with E-state index in [1.54, 1.807) is 12.4 Å². The van der Waals surface area contributed by atoms with Gasteiger partial charge >= 0.3 is 0 Å². The minimum atomic E-state index is -0.553. The molecular weight excluding hydrogens is 331 g/mol. The van der Waals surface area contributed by atoms with E-state index >= 15 is 0 Å². The molecule has 5 rings (SSSR count). The Hall–Kier alpha value is -2.85. The number of hydrogen-bond donors (Lipinski definition) is 0. The number of piperazine rings is 1. The van der Waals surface area contributed by atoms with Crippen LogP contribution in [-0.4, -0.2) is 52.1 Å². The first-order valence-electron chi connectivity index (χ1n) is 8.87. The van der Waals surface area contributed by atoms with E-state index in [4.69, 9.17) is 10.2 Å². The van der Waals surface area contributed by atoms with E-state index in [-0.39, 0.29) is 5.56 Å². The molecule has 2 fully saturated rings. The highest BCUT2D eigenvalue weighted by atomic mass is 19.1. The van der Waals surface area contributed by atoms with E-state index in [1.807, 2.05) is 6.07 Å². The molecule has 0 spiro atoms. The molecule has 0 amide bonds. The molecule has 3 aromatic rings. The summed E-state index contributed by atoms with van der Waals surface area (Å²) >= 11 is 0. The largest absolute Gasteiger partial charge is 0.352 e. The van der Waals surface area contributed by atoms with Crippen molar-refractivity contribution in [3.63, 3.8) is 0 Å². The van der Waals surface area contributed by atoms with Gasteiger partial charge in [-0.25, -0.2) is 14.4 Å². The molecular formula is C19H17FN6. The Labute approximate surface area is 149 Å². The Morgan fingerprint density at radius 2 is 1.96 bits per heavy atom. The molecule has 1 aromatic carbocycles. The normalized spacial score (nSPS) is 20.5. The van der Waals surface area contributed by atoms with Crippen molar-refractivity contribution in [2.75, 3.05) is 31.1 Å². The van der Waals surface area contributed by atoms with Crippen molar-refractivity contribution in [2.45, 2.75) is 18.9 Å². The number of hydrogen-bond acceptors (Lipinski definition) is 6. The maximum absolute atomic E-state index is 14.2. The van der Waals surface area contributed by atoms with Crippen molar-refractivity contribution < 1.29 is 4.39 Å². The van der Waals surface area contributed by atoms with Gasteiger partial charge in [-0.05, 0) is 25.5 Å². The molecule has 130 valence electrons. The highest BCUT2D eigenvalue weighted by Gasteiger charge is 2.32. The van der Waals surface area contributed by atoms with Crippen LogP contribution in [0.1, 0.15) is 18.4 Å². The van der Waals surface area contributed by atoms with Crippen LogP contribution in [0.4, 0.5) is 10.2 Å². The summed E-state index contributed by atoms with van der Waals surface area (Å²) in [6.07, 6.45) is 5.72. The molecule has 2 aliphatic rings. The van der Waals surface area contributed by atoms with Crippen molar-refractivity contribution in [2.24, 2.45) is 0 Å². The third kappa shape index (κ3) is 2.30. The number of nitriles is 1. The second kappa shape index (κ2) is 5.85. The fourth-order valence-electron chi connectivity index (χ4n) is 4.20. The lowest BCUT2D eigenvalue weighted by atomic mass is 10.1. The van der Waals surface area contributed by atoms with Gasteiger partial charge in [-0.2, -0.15) is 5.26 Å². The molecule has 26 heavy (non-hydrogen) atoms. The second-order valence-corrected chi connectivity index (χ2v) is 6.93. The number of halogens is 1. The number of benzene rings is 1. The first-order chi connectivity index (χ1) is 12.7. The van der Waals surface area contributed by atoms with Crippen LogP contribution in [0.2, 0.25) is 0 Å². The molecule has 1 atom stereocenters. The van der Waals surface area contributed by atoms with Crippen LogP contribution in [0.15, 0.2) is 24.5 Å². The first kappa shape index (κ1) is 15.4. The number of anilines is 1. The summed E-state index contributed by atoms with van der Waals surface area (Å²) in [5.41, 5.74) is 1.89. The van der Waals surface area contributed by atoms with Gasteiger partial charge in [0.1, 0.15) is 22.9 Å². The Kier molecular flexibility index (Phi) is 3.47. The number of aromatic nitrogens is 3. The lowest BCUT2D eigenvalue weighted by Gasteiger charge is -2.38. The van der Waals surface area contributed by atoms with Gasteiger partial charge in [0, 0.05) is 49.5 Å². The zero-order valence-electron chi connectivity index (χ0n) is 14.2. The summed E-state index contributed by atoms with van der Waals surface area (Å²) in [5, 5.41) is 9.80. The maximum atomic E-state index is 14.2. The summed E-state index contributed by atoms with van der Waals surface area (Å²) in [7, 11) is 0. The summed E-state index contributed by atoms with van der Waals surface area (Å²) in [6.45, 7) is 3.96. The molecule has 0 radical (unpaired) electrons. The summed E-state index contributed by atoms with van der Waals surface area (Å²) < 4.78 is 14.2. The van der Waals surface area contributed by atoms with Crippen molar-refractivity contribution in [3.05, 3.63) is 35.9 Å². The van der Waals surface area contributed by atoms with Gasteiger partial charge in [-0.3, -0.25) is 9.88 Å². The molecule has 2 aromatic heterocycles. The molecule has 0 N–H and O–H groups in total. The first-order valence-corrected chi connectivity index (χ1v) is 8.87. The molecule has 2 aliphatic heterocycles. The van der Waals surface area contributed by atoms with E-state index in [1.165, 1.54) is 31.5 Å². The predicted octanol–water partition coefficient (Wildman–Crippen LogP) is 2.47. The summed E-state index contributed by atoms with van der Waals surface area (Å²) in [5.74, 6) is 0.207. The van der Waals surface area contributed by atoms with Gasteiger partial charge in [0.15, 0.2) is 5.82 Å². The highest BCUT2D eigenvalue weighted by molar-refractivity contribution is 6.06. The van der Waals surface area contributed by atoms with E-state index in [2.05, 4.69) is 19.8 Å². The van der Waals surface area contributed by atoms with Crippen molar-refractivity contribution in [1.82, 2.24) is 19.9 Å². The number of pyridine rings is 1. The molecule has 0 saturated carbocycles. The van der Waals surface area contributed by atoms with Gasteiger partial charge in [-0.1, -0.05) is 0 Å². The minimum absolute atomic E-state index is 0.00132. The SMILES string of the molecule is N#Cc1cc2c(cc1F)nc(N1CCN3CCCC3C1)c1nccnc12. The van der Waals surface area contributed by atoms with Gasteiger partial charge in [0.05, 0.1) is 11.1 Å². The molecule has 4 heterocycles. The van der Waals surface area contributed by atoms with Crippen LogP contribution in [0.3, 0.4) is 0 Å². The molecule has 6 nitrogen and oxygen atoms in total. The second-order valence-electron chi connectivity index (χ2n) is 6.93. The summed E-state index contributed by atoms with van der Waals surface area (Å²) in [4.78, 5) is 18.5. The van der Waals surface area contributed by atoms with E-state index < -0.39 is 5.82 Å². The smallest absolute Gasteiger partial charge is 0.157 e. The van der Waals surface area contributed by atoms with Gasteiger partial charge in [0.25, 0.3) is 0 Å². The average molecular weight is 348 g/mol. The van der Waals surface area contributed by atoms with Crippen LogP contribution < -0.4 is 4.90 Å². The number of fused-ring (bicyclic) bond motifs is 4. The molecule has 1 unspecified atom stereocenters. The lowest BCUT2D eigenvalue weighted by molar-refractivity contribution is 0.230. The predicted molar refractivity (Wildman–Crippen MR) is 96.3 cm³/mol. The molecule has 7 heteroatoms. The maximum Gasteiger partial charge on any atom is 0.157 e. The quantitative estimate of drug-likeness (QED) is 0.629. The molecule has 0 aliphatic carbocycles. The van der Waals surface area contributed by atoms with Crippen LogP contribution in [0.25, 0.3) is 21.9 Å². The third-order valence-electron chi connectivity index (χ3n) is 5.48. The van der Waals surface area contributed by atoms with Crippen LogP contribution in [0.5, 0.6) is 0 Å². The van der Waals surface area contributed by atoms with Gasteiger partial charge in [0.2, 0.25) is 0 Å². The fourth-order valence-corrected chi connectivity index (χ4v) is 4.20. The zero-order chi connectivity index (χ0) is 17.7. The Morgan fingerprint density at radius 1 is 1.12 bits per heavy atom. The average Bonchev–Trinajstić information content (AvgIpc) is 3.14. The van der Waals surface area contributed by atoms with Crippen molar-refractivity contribution in [1.29, 1.82) is 5.26 Å². The van der Waals surface area contributed by atoms with E-state index in [0.717, 1.165) is 25.5 Å². The lowest BCUT2D eigenvalue weighted by Crippen LogP contribution is -2.50. The van der Waals surface area contributed by atoms with Crippen LogP contribution in [0, 0.1) is 17.1 Å². The zero-order valence-corrected chi connectivity index (χ0v) is 14.2. The van der Waals surface area contributed by atoms with Gasteiger partial charge in [-0.15, -0.1) is 0 Å². The molecule has 2 saturated heterocycles. The van der Waals surface area contributed by atoms with Crippen LogP contribution in [-0.2, 0) is 0 Å². The minimum Gasteiger partial charge on any atom is -0.352 e. The topological polar surface area (TPSA) is 68.9 Å². The van der Waals surface area contributed by atoms with E-state index in [9.17, 15) is 4.39 Å². The standard InChI is InChI=1S/C19H17FN6/c20-15-9-16-14(8-12(15)10-21)17-18(23-4-3-22-17)19(24-16)26-7-6-25-5-1-2-13(25)11-26/h3-4,8-9,13H,1-2,5-7,11H2. The van der Waals surface area contributed by atoms with Crippen LogP contribution >= 0.6 is 0 Å².